The first-order valence-electron chi connectivity index (χ1n) is 10.2. The zero-order valence-electron chi connectivity index (χ0n) is 17.5. The number of aliphatic carboxylic acids is 1. The Bertz CT molecular complexity index is 245. The first-order valence-corrected chi connectivity index (χ1v) is 13.1. The van der Waals surface area contributed by atoms with Crippen LogP contribution in [-0.2, 0) is 4.79 Å². The summed E-state index contributed by atoms with van der Waals surface area (Å²) in [6, 6.07) is 0. The minimum Gasteiger partial charge on any atom is -0.480 e. The van der Waals surface area contributed by atoms with Gasteiger partial charge in [-0.15, -0.1) is 0 Å². The number of rotatable bonds is 14. The van der Waals surface area contributed by atoms with Crippen molar-refractivity contribution in [1.82, 2.24) is 4.90 Å². The summed E-state index contributed by atoms with van der Waals surface area (Å²) in [5, 5.41) is 8.04. The zero-order valence-corrected chi connectivity index (χ0v) is 18.5. The number of carboxylic acid groups (broad SMARTS) is 1. The monoisotopic (exact) mass is 363 g/mol. The van der Waals surface area contributed by atoms with Crippen LogP contribution in [0.1, 0.15) is 79.1 Å². The largest absolute Gasteiger partial charge is 0.480 e. The molecule has 0 saturated carbocycles. The van der Waals surface area contributed by atoms with E-state index in [9.17, 15) is 4.79 Å². The Morgan fingerprint density at radius 1 is 0.750 bits per heavy atom. The van der Waals surface area contributed by atoms with Gasteiger partial charge in [0.25, 0.3) is 0 Å². The molecule has 0 aliphatic heterocycles. The van der Waals surface area contributed by atoms with Crippen molar-refractivity contribution in [2.45, 2.75) is 79.1 Å². The molecule has 0 heterocycles. The third-order valence-corrected chi connectivity index (χ3v) is 10.4. The van der Waals surface area contributed by atoms with Crippen LogP contribution in [0.5, 0.6) is 0 Å². The Morgan fingerprint density at radius 3 is 1.17 bits per heavy atom. The molecule has 0 aromatic carbocycles. The van der Waals surface area contributed by atoms with E-state index in [0.717, 1.165) is 0 Å². The van der Waals surface area contributed by atoms with Crippen molar-refractivity contribution < 1.29 is 9.90 Å². The van der Waals surface area contributed by atoms with E-state index < -0.39 is 13.2 Å². The minimum absolute atomic E-state index is 0.111. The van der Waals surface area contributed by atoms with Crippen molar-refractivity contribution >= 4 is 13.2 Å². The Balaban J connectivity index is 0. The molecule has 0 aliphatic rings. The normalized spacial score (nSPS) is 12.0. The van der Waals surface area contributed by atoms with Gasteiger partial charge < -0.3 is 5.11 Å². The minimum atomic E-state index is -0.879. The second-order valence-electron chi connectivity index (χ2n) is 7.55. The number of nitrogens with zero attached hydrogens (tertiary/aromatic N) is 1. The quantitative estimate of drug-likeness (QED) is 0.410. The van der Waals surface area contributed by atoms with E-state index in [1.165, 1.54) is 51.4 Å². The summed E-state index contributed by atoms with van der Waals surface area (Å²) >= 11 is 0. The number of carboxylic acids is 1. The molecule has 3 nitrogen and oxygen atoms in total. The van der Waals surface area contributed by atoms with Crippen LogP contribution in [-0.4, -0.2) is 61.3 Å². The number of hydrogen-bond donors (Lipinski definition) is 1. The molecule has 0 spiro atoms. The Hall–Kier alpha value is -0.140. The van der Waals surface area contributed by atoms with Gasteiger partial charge in [-0.3, -0.25) is 9.69 Å². The molecule has 148 valence electrons. The van der Waals surface area contributed by atoms with E-state index in [0.29, 0.717) is 0 Å². The van der Waals surface area contributed by atoms with Gasteiger partial charge in [0.05, 0.1) is 6.54 Å². The summed E-state index contributed by atoms with van der Waals surface area (Å²) in [6.45, 7) is 9.55. The van der Waals surface area contributed by atoms with Gasteiger partial charge in [-0.25, -0.2) is 0 Å². The molecule has 0 fully saturated rings. The molecule has 0 aliphatic carbocycles. The summed E-state index contributed by atoms with van der Waals surface area (Å²) in [6.07, 6.45) is 18.1. The summed E-state index contributed by atoms with van der Waals surface area (Å²) < 4.78 is 0. The van der Waals surface area contributed by atoms with Crippen molar-refractivity contribution in [3.63, 3.8) is 0 Å². The number of likely N-dealkylation sites (N-methyl/N-ethyl adjacent to an activating group) is 1. The van der Waals surface area contributed by atoms with Crippen LogP contribution in [0, 0.1) is 0 Å². The molecule has 0 bridgehead atoms. The molecule has 24 heavy (non-hydrogen) atoms. The maximum Gasteiger partial charge on any atom is 0.317 e. The second-order valence-corrected chi connectivity index (χ2v) is 12.5. The topological polar surface area (TPSA) is 40.5 Å². The fourth-order valence-electron chi connectivity index (χ4n) is 3.23. The average molecular weight is 364 g/mol. The molecule has 4 heteroatoms. The third-order valence-electron chi connectivity index (χ3n) is 4.69. The van der Waals surface area contributed by atoms with Gasteiger partial charge in [0.1, 0.15) is 0 Å². The van der Waals surface area contributed by atoms with Crippen LogP contribution >= 0.6 is 7.26 Å². The zero-order chi connectivity index (χ0) is 18.8. The summed E-state index contributed by atoms with van der Waals surface area (Å²) in [5.74, 6) is -0.787. The SMILES string of the molecule is CCCC[PH](CCCC)(CCCC)CCCC.CN(C)CC(=O)O. The van der Waals surface area contributed by atoms with Crippen molar-refractivity contribution in [2.75, 3.05) is 45.3 Å². The molecule has 0 atom stereocenters. The fraction of sp³-hybridized carbons (Fsp3) is 0.950. The van der Waals surface area contributed by atoms with E-state index >= 15 is 0 Å². The van der Waals surface area contributed by atoms with Crippen molar-refractivity contribution in [3.05, 3.63) is 0 Å². The van der Waals surface area contributed by atoms with E-state index in [1.807, 2.05) is 0 Å². The van der Waals surface area contributed by atoms with Crippen LogP contribution in [0.4, 0.5) is 0 Å². The van der Waals surface area contributed by atoms with Crippen LogP contribution in [0.25, 0.3) is 0 Å². The van der Waals surface area contributed by atoms with Gasteiger partial charge in [0.15, 0.2) is 0 Å². The second kappa shape index (κ2) is 17.7. The number of unbranched alkanes of at least 4 members (excludes halogenated alkanes) is 4. The smallest absolute Gasteiger partial charge is 0.317 e. The van der Waals surface area contributed by atoms with Gasteiger partial charge in [-0.1, -0.05) is 0 Å². The van der Waals surface area contributed by atoms with Gasteiger partial charge in [0.2, 0.25) is 0 Å². The molecule has 0 radical (unpaired) electrons. The molecule has 0 rings (SSSR count). The molecular weight excluding hydrogens is 317 g/mol. The van der Waals surface area contributed by atoms with E-state index in [-0.39, 0.29) is 6.54 Å². The van der Waals surface area contributed by atoms with Crippen LogP contribution in [0.2, 0.25) is 0 Å². The Kier molecular flexibility index (Phi) is 19.2. The van der Waals surface area contributed by atoms with E-state index in [2.05, 4.69) is 27.7 Å². The first kappa shape index (κ1) is 26.1. The summed E-state index contributed by atoms with van der Waals surface area (Å²) in [4.78, 5) is 11.4. The summed E-state index contributed by atoms with van der Waals surface area (Å²) in [7, 11) is 2.55. The first-order chi connectivity index (χ1) is 11.4. The fourth-order valence-corrected chi connectivity index (χ4v) is 9.14. The van der Waals surface area contributed by atoms with Crippen LogP contribution in [0.3, 0.4) is 0 Å². The van der Waals surface area contributed by atoms with Crippen LogP contribution < -0.4 is 0 Å². The predicted molar refractivity (Wildman–Crippen MR) is 114 cm³/mol. The van der Waals surface area contributed by atoms with Gasteiger partial charge in [0, 0.05) is 0 Å². The maximum atomic E-state index is 9.77. The van der Waals surface area contributed by atoms with Gasteiger partial charge in [-0.2, -0.15) is 0 Å². The predicted octanol–water partition coefficient (Wildman–Crippen LogP) is 5.57. The van der Waals surface area contributed by atoms with Gasteiger partial charge in [-0.05, 0) is 14.1 Å². The molecule has 0 aromatic rings. The molecule has 0 aromatic heterocycles. The molecular formula is C20H46NO2P. The van der Waals surface area contributed by atoms with E-state index in [4.69, 9.17) is 5.11 Å². The maximum absolute atomic E-state index is 9.77. The standard InChI is InChI=1S/C16H37P.C4H9NO2/c1-5-9-13-17(14-10-6-2,15-11-7-3)16-12-8-4;1-5(2)3-4(6)7/h17H,5-16H2,1-4H3;3H2,1-2H3,(H,6,7). The Labute approximate surface area is 152 Å². The summed E-state index contributed by atoms with van der Waals surface area (Å²) in [5.41, 5.74) is 0. The van der Waals surface area contributed by atoms with Crippen molar-refractivity contribution in [2.24, 2.45) is 0 Å². The number of hydrogen-bond acceptors (Lipinski definition) is 2. The molecule has 0 unspecified atom stereocenters. The third kappa shape index (κ3) is 16.7. The Morgan fingerprint density at radius 2 is 1.04 bits per heavy atom. The molecule has 1 N–H and O–H groups in total. The van der Waals surface area contributed by atoms with Gasteiger partial charge >= 0.3 is 117 Å². The van der Waals surface area contributed by atoms with Crippen molar-refractivity contribution in [3.8, 4) is 0 Å². The molecule has 0 amide bonds. The van der Waals surface area contributed by atoms with Crippen LogP contribution in [0.15, 0.2) is 0 Å². The van der Waals surface area contributed by atoms with E-state index in [1.54, 1.807) is 43.6 Å². The average Bonchev–Trinajstić information content (AvgIpc) is 2.53. The van der Waals surface area contributed by atoms with Crippen molar-refractivity contribution in [1.29, 1.82) is 0 Å². The molecule has 0 saturated heterocycles. The number of carbonyl (C=O) groups is 1.